The Hall–Kier alpha value is -1.11. The molecule has 2 rings (SSSR count). The lowest BCUT2D eigenvalue weighted by Crippen LogP contribution is -2.64. The van der Waals surface area contributed by atoms with Crippen LogP contribution in [0.4, 0.5) is 0 Å². The molecule has 0 aromatic rings. The molecule has 0 bridgehead atoms. The molecule has 1 N–H and O–H groups in total. The van der Waals surface area contributed by atoms with Crippen LogP contribution < -0.4 is 5.32 Å². The van der Waals surface area contributed by atoms with Gasteiger partial charge in [0.05, 0.1) is 5.75 Å². The maximum Gasteiger partial charge on any atom is 0.246 e. The molecule has 21 heavy (non-hydrogen) atoms. The maximum absolute atomic E-state index is 12.6. The molecule has 1 aliphatic carbocycles. The van der Waals surface area contributed by atoms with Crippen LogP contribution in [0.5, 0.6) is 0 Å². The van der Waals surface area contributed by atoms with Gasteiger partial charge in [0.1, 0.15) is 21.9 Å². The molecule has 2 amide bonds. The van der Waals surface area contributed by atoms with Gasteiger partial charge in [-0.3, -0.25) is 9.59 Å². The van der Waals surface area contributed by atoms with Crippen LogP contribution in [0.3, 0.4) is 0 Å². The smallest absolute Gasteiger partial charge is 0.246 e. The van der Waals surface area contributed by atoms with Gasteiger partial charge in [-0.1, -0.05) is 13.8 Å². The molecular formula is C14H24N2O4S. The first-order chi connectivity index (χ1) is 9.69. The minimum Gasteiger partial charge on any atom is -0.342 e. The van der Waals surface area contributed by atoms with Gasteiger partial charge in [0.15, 0.2) is 0 Å². The molecule has 120 valence electrons. The SMILES string of the molecule is CC(C)CC1C(=O)NC(C2CC2)C(=O)N1CCS(C)(=O)=O. The van der Waals surface area contributed by atoms with E-state index in [2.05, 4.69) is 5.32 Å². The number of sulfone groups is 1. The Labute approximate surface area is 126 Å². The van der Waals surface area contributed by atoms with Crippen molar-refractivity contribution in [2.75, 3.05) is 18.6 Å². The van der Waals surface area contributed by atoms with Gasteiger partial charge in [0, 0.05) is 12.8 Å². The molecule has 1 saturated carbocycles. The van der Waals surface area contributed by atoms with Crippen molar-refractivity contribution in [3.8, 4) is 0 Å². The molecule has 1 heterocycles. The number of nitrogens with zero attached hydrogens (tertiary/aromatic N) is 1. The second-order valence-corrected chi connectivity index (χ2v) is 8.89. The molecule has 7 heteroatoms. The molecule has 0 aromatic carbocycles. The fourth-order valence-electron chi connectivity index (χ4n) is 2.75. The summed E-state index contributed by atoms with van der Waals surface area (Å²) in [5, 5.41) is 2.83. The third kappa shape index (κ3) is 4.18. The Bertz CT molecular complexity index is 525. The van der Waals surface area contributed by atoms with Crippen molar-refractivity contribution in [1.82, 2.24) is 10.2 Å². The number of carbonyl (C=O) groups excluding carboxylic acids is 2. The Kier molecular flexibility index (Phi) is 4.60. The summed E-state index contributed by atoms with van der Waals surface area (Å²) in [6.45, 7) is 4.07. The third-order valence-electron chi connectivity index (χ3n) is 4.02. The lowest BCUT2D eigenvalue weighted by atomic mass is 9.96. The zero-order valence-electron chi connectivity index (χ0n) is 12.8. The lowest BCUT2D eigenvalue weighted by Gasteiger charge is -2.39. The molecule has 0 aromatic heterocycles. The van der Waals surface area contributed by atoms with E-state index in [1.54, 1.807) is 0 Å². The summed E-state index contributed by atoms with van der Waals surface area (Å²) in [7, 11) is -3.16. The number of piperazine rings is 1. The van der Waals surface area contributed by atoms with E-state index in [4.69, 9.17) is 0 Å². The van der Waals surface area contributed by atoms with Crippen LogP contribution >= 0.6 is 0 Å². The van der Waals surface area contributed by atoms with Crippen molar-refractivity contribution in [2.45, 2.75) is 45.2 Å². The van der Waals surface area contributed by atoms with Gasteiger partial charge >= 0.3 is 0 Å². The van der Waals surface area contributed by atoms with E-state index in [1.807, 2.05) is 13.8 Å². The molecule has 0 spiro atoms. The van der Waals surface area contributed by atoms with Gasteiger partial charge < -0.3 is 10.2 Å². The summed E-state index contributed by atoms with van der Waals surface area (Å²) >= 11 is 0. The van der Waals surface area contributed by atoms with Gasteiger partial charge in [-0.15, -0.1) is 0 Å². The number of nitrogens with one attached hydrogen (secondary N) is 1. The summed E-state index contributed by atoms with van der Waals surface area (Å²) in [6, 6.07) is -1.00. The Morgan fingerprint density at radius 2 is 1.90 bits per heavy atom. The summed E-state index contributed by atoms with van der Waals surface area (Å²) in [5.74, 6) is 0.118. The van der Waals surface area contributed by atoms with Crippen LogP contribution in [0.25, 0.3) is 0 Å². The highest BCUT2D eigenvalue weighted by atomic mass is 32.2. The molecule has 1 aliphatic heterocycles. The van der Waals surface area contributed by atoms with Crippen molar-refractivity contribution in [3.63, 3.8) is 0 Å². The average Bonchev–Trinajstić information content (AvgIpc) is 3.15. The van der Waals surface area contributed by atoms with Crippen LogP contribution in [-0.2, 0) is 19.4 Å². The third-order valence-corrected chi connectivity index (χ3v) is 4.94. The van der Waals surface area contributed by atoms with E-state index in [0.29, 0.717) is 6.42 Å². The van der Waals surface area contributed by atoms with Crippen molar-refractivity contribution >= 4 is 21.7 Å². The molecule has 2 unspecified atom stereocenters. The quantitative estimate of drug-likeness (QED) is 0.758. The minimum absolute atomic E-state index is 0.0992. The average molecular weight is 316 g/mol. The molecule has 6 nitrogen and oxygen atoms in total. The molecule has 2 atom stereocenters. The minimum atomic E-state index is -3.16. The van der Waals surface area contributed by atoms with Crippen molar-refractivity contribution in [1.29, 1.82) is 0 Å². The van der Waals surface area contributed by atoms with E-state index in [-0.39, 0.29) is 35.9 Å². The number of hydrogen-bond acceptors (Lipinski definition) is 4. The number of amides is 2. The predicted octanol–water partition coefficient (Wildman–Crippen LogP) is 0.183. The normalized spacial score (nSPS) is 27.1. The maximum atomic E-state index is 12.6. The molecule has 1 saturated heterocycles. The zero-order valence-corrected chi connectivity index (χ0v) is 13.6. The first-order valence-corrected chi connectivity index (χ1v) is 9.53. The van der Waals surface area contributed by atoms with Crippen LogP contribution in [0.15, 0.2) is 0 Å². The second-order valence-electron chi connectivity index (χ2n) is 6.63. The van der Waals surface area contributed by atoms with E-state index in [9.17, 15) is 18.0 Å². The summed E-state index contributed by atoms with van der Waals surface area (Å²) < 4.78 is 22.8. The van der Waals surface area contributed by atoms with Crippen molar-refractivity contribution in [3.05, 3.63) is 0 Å². The highest BCUT2D eigenvalue weighted by Crippen LogP contribution is 2.35. The largest absolute Gasteiger partial charge is 0.342 e. The van der Waals surface area contributed by atoms with Crippen LogP contribution in [0.2, 0.25) is 0 Å². The second kappa shape index (κ2) is 5.94. The lowest BCUT2D eigenvalue weighted by molar-refractivity contribution is -0.150. The first kappa shape index (κ1) is 16.3. The van der Waals surface area contributed by atoms with Crippen molar-refractivity contribution < 1.29 is 18.0 Å². The summed E-state index contributed by atoms with van der Waals surface area (Å²) in [5.41, 5.74) is 0. The predicted molar refractivity (Wildman–Crippen MR) is 79.3 cm³/mol. The number of carbonyl (C=O) groups is 2. The Morgan fingerprint density at radius 1 is 1.29 bits per heavy atom. The fraction of sp³-hybridized carbons (Fsp3) is 0.857. The van der Waals surface area contributed by atoms with E-state index in [1.165, 1.54) is 4.90 Å². The topological polar surface area (TPSA) is 83.6 Å². The van der Waals surface area contributed by atoms with E-state index < -0.39 is 21.9 Å². The van der Waals surface area contributed by atoms with E-state index in [0.717, 1.165) is 19.1 Å². The fourth-order valence-corrected chi connectivity index (χ4v) is 3.27. The molecule has 2 aliphatic rings. The highest BCUT2D eigenvalue weighted by molar-refractivity contribution is 7.90. The monoisotopic (exact) mass is 316 g/mol. The van der Waals surface area contributed by atoms with Crippen molar-refractivity contribution in [2.24, 2.45) is 11.8 Å². The van der Waals surface area contributed by atoms with Crippen LogP contribution in [0.1, 0.15) is 33.1 Å². The first-order valence-electron chi connectivity index (χ1n) is 7.47. The van der Waals surface area contributed by atoms with Gasteiger partial charge in [-0.05, 0) is 31.1 Å². The van der Waals surface area contributed by atoms with Gasteiger partial charge in [-0.25, -0.2) is 8.42 Å². The summed E-state index contributed by atoms with van der Waals surface area (Å²) in [6.07, 6.45) is 3.60. The van der Waals surface area contributed by atoms with E-state index >= 15 is 0 Å². The van der Waals surface area contributed by atoms with Crippen LogP contribution in [-0.4, -0.2) is 55.8 Å². The standard InChI is InChI=1S/C14H24N2O4S/c1-9(2)8-11-13(17)15-12(10-4-5-10)14(18)16(11)6-7-21(3,19)20/h9-12H,4-8H2,1-3H3,(H,15,17). The Balaban J connectivity index is 2.16. The molecule has 0 radical (unpaired) electrons. The van der Waals surface area contributed by atoms with Gasteiger partial charge in [0.25, 0.3) is 0 Å². The van der Waals surface area contributed by atoms with Gasteiger partial charge in [-0.2, -0.15) is 0 Å². The zero-order chi connectivity index (χ0) is 15.8. The molecular weight excluding hydrogens is 292 g/mol. The molecule has 2 fully saturated rings. The number of rotatable bonds is 6. The summed E-state index contributed by atoms with van der Waals surface area (Å²) in [4.78, 5) is 26.4. The van der Waals surface area contributed by atoms with Crippen LogP contribution in [0, 0.1) is 11.8 Å². The Morgan fingerprint density at radius 3 is 2.38 bits per heavy atom. The van der Waals surface area contributed by atoms with Gasteiger partial charge in [0.2, 0.25) is 11.8 Å². The number of hydrogen-bond donors (Lipinski definition) is 1. The highest BCUT2D eigenvalue weighted by Gasteiger charge is 2.46.